The van der Waals surface area contributed by atoms with Crippen molar-refractivity contribution in [2.45, 2.75) is 0 Å². The maximum absolute atomic E-state index is 13.5. The first-order valence-corrected chi connectivity index (χ1v) is 9.72. The lowest BCUT2D eigenvalue weighted by Gasteiger charge is -2.19. The number of nitrogens with zero attached hydrogens (tertiary/aromatic N) is 1. The standard InChI is InChI=1S/C24H17FN2O4/c25-16-8-6-15(7-9-16)21-22(24(29)27(23(21)28)18-4-2-1-3-5-18)26-17-10-11-19-20(14-17)31-13-12-30-19/h1-11,14,26H,12-13H2. The Morgan fingerprint density at radius 3 is 2.26 bits per heavy atom. The molecular weight excluding hydrogens is 399 g/mol. The summed E-state index contributed by atoms with van der Waals surface area (Å²) in [6, 6.07) is 19.3. The zero-order chi connectivity index (χ0) is 21.4. The van der Waals surface area contributed by atoms with Gasteiger partial charge in [-0.05, 0) is 42.0 Å². The quantitative estimate of drug-likeness (QED) is 0.652. The van der Waals surface area contributed by atoms with Crippen molar-refractivity contribution in [1.82, 2.24) is 0 Å². The molecule has 0 bridgehead atoms. The molecule has 6 nitrogen and oxygen atoms in total. The van der Waals surface area contributed by atoms with Gasteiger partial charge in [0.15, 0.2) is 11.5 Å². The van der Waals surface area contributed by atoms with Gasteiger partial charge in [0.25, 0.3) is 11.8 Å². The van der Waals surface area contributed by atoms with Gasteiger partial charge in [-0.1, -0.05) is 30.3 Å². The number of rotatable bonds is 4. The number of amides is 2. The fourth-order valence-corrected chi connectivity index (χ4v) is 3.61. The van der Waals surface area contributed by atoms with Crippen LogP contribution in [0.15, 0.2) is 78.5 Å². The highest BCUT2D eigenvalue weighted by Gasteiger charge is 2.40. The average Bonchev–Trinajstić information content (AvgIpc) is 3.04. The number of para-hydroxylation sites is 1. The highest BCUT2D eigenvalue weighted by Crippen LogP contribution is 2.36. The van der Waals surface area contributed by atoms with E-state index in [9.17, 15) is 14.0 Å². The summed E-state index contributed by atoms with van der Waals surface area (Å²) < 4.78 is 24.6. The van der Waals surface area contributed by atoms with Crippen LogP contribution < -0.4 is 19.7 Å². The van der Waals surface area contributed by atoms with Crippen LogP contribution in [-0.2, 0) is 9.59 Å². The van der Waals surface area contributed by atoms with Crippen LogP contribution in [0.3, 0.4) is 0 Å². The molecule has 2 heterocycles. The minimum atomic E-state index is -0.495. The Morgan fingerprint density at radius 2 is 1.52 bits per heavy atom. The number of nitrogens with one attached hydrogen (secondary N) is 1. The summed E-state index contributed by atoms with van der Waals surface area (Å²) in [6.45, 7) is 0.901. The third kappa shape index (κ3) is 3.40. The van der Waals surface area contributed by atoms with Crippen molar-refractivity contribution in [3.8, 4) is 11.5 Å². The van der Waals surface area contributed by atoms with Crippen molar-refractivity contribution in [3.05, 3.63) is 89.9 Å². The molecule has 0 aliphatic carbocycles. The number of carbonyl (C=O) groups is 2. The van der Waals surface area contributed by atoms with Gasteiger partial charge < -0.3 is 14.8 Å². The van der Waals surface area contributed by atoms with Gasteiger partial charge in [-0.3, -0.25) is 9.59 Å². The number of halogens is 1. The van der Waals surface area contributed by atoms with Crippen molar-refractivity contribution in [2.75, 3.05) is 23.4 Å². The van der Waals surface area contributed by atoms with Crippen molar-refractivity contribution in [1.29, 1.82) is 0 Å². The van der Waals surface area contributed by atoms with Crippen LogP contribution in [-0.4, -0.2) is 25.0 Å². The Morgan fingerprint density at radius 1 is 0.806 bits per heavy atom. The van der Waals surface area contributed by atoms with Crippen molar-refractivity contribution >= 4 is 28.8 Å². The number of fused-ring (bicyclic) bond motifs is 1. The molecule has 2 aliphatic rings. The summed E-state index contributed by atoms with van der Waals surface area (Å²) in [5, 5.41) is 3.07. The summed E-state index contributed by atoms with van der Waals surface area (Å²) in [5.41, 5.74) is 1.74. The molecule has 0 unspecified atom stereocenters. The van der Waals surface area contributed by atoms with Gasteiger partial charge in [-0.25, -0.2) is 9.29 Å². The fraction of sp³-hybridized carbons (Fsp3) is 0.0833. The van der Waals surface area contributed by atoms with Crippen LogP contribution >= 0.6 is 0 Å². The maximum Gasteiger partial charge on any atom is 0.282 e. The third-order valence-electron chi connectivity index (χ3n) is 5.04. The zero-order valence-corrected chi connectivity index (χ0v) is 16.3. The first-order valence-electron chi connectivity index (χ1n) is 9.72. The molecule has 7 heteroatoms. The van der Waals surface area contributed by atoms with Crippen LogP contribution in [0.2, 0.25) is 0 Å². The van der Waals surface area contributed by atoms with Crippen LogP contribution in [0, 0.1) is 5.82 Å². The molecule has 0 atom stereocenters. The maximum atomic E-state index is 13.5. The Kier molecular flexibility index (Phi) is 4.63. The molecule has 0 aromatic heterocycles. The van der Waals surface area contributed by atoms with Gasteiger partial charge in [0, 0.05) is 11.8 Å². The summed E-state index contributed by atoms with van der Waals surface area (Å²) in [4.78, 5) is 27.7. The highest BCUT2D eigenvalue weighted by atomic mass is 19.1. The molecule has 0 fully saturated rings. The van der Waals surface area contributed by atoms with Gasteiger partial charge in [-0.15, -0.1) is 0 Å². The molecule has 2 aliphatic heterocycles. The monoisotopic (exact) mass is 416 g/mol. The Labute approximate surface area is 177 Å². The first kappa shape index (κ1) is 18.9. The fourth-order valence-electron chi connectivity index (χ4n) is 3.61. The van der Waals surface area contributed by atoms with E-state index in [4.69, 9.17) is 9.47 Å². The van der Waals surface area contributed by atoms with Gasteiger partial charge >= 0.3 is 0 Å². The van der Waals surface area contributed by atoms with Crippen molar-refractivity contribution < 1.29 is 23.5 Å². The Bertz CT molecular complexity index is 1210. The minimum absolute atomic E-state index is 0.108. The van der Waals surface area contributed by atoms with Crippen molar-refractivity contribution in [3.63, 3.8) is 0 Å². The van der Waals surface area contributed by atoms with Crippen LogP contribution in [0.25, 0.3) is 5.57 Å². The van der Waals surface area contributed by atoms with Crippen LogP contribution in [0.1, 0.15) is 5.56 Å². The SMILES string of the molecule is O=C1C(Nc2ccc3c(c2)OCCO3)=C(c2ccc(F)cc2)C(=O)N1c1ccccc1. The van der Waals surface area contributed by atoms with E-state index >= 15 is 0 Å². The topological polar surface area (TPSA) is 67.9 Å². The normalized spacial score (nSPS) is 15.5. The second-order valence-electron chi connectivity index (χ2n) is 7.02. The number of hydrogen-bond donors (Lipinski definition) is 1. The number of imide groups is 1. The van der Waals surface area contributed by atoms with Gasteiger partial charge in [0.05, 0.1) is 11.3 Å². The van der Waals surface area contributed by atoms with Gasteiger partial charge in [0.2, 0.25) is 0 Å². The van der Waals surface area contributed by atoms with Crippen LogP contribution in [0.4, 0.5) is 15.8 Å². The number of hydrogen-bond acceptors (Lipinski definition) is 5. The number of anilines is 2. The summed E-state index contributed by atoms with van der Waals surface area (Å²) in [5.74, 6) is -0.239. The lowest BCUT2D eigenvalue weighted by molar-refractivity contribution is -0.120. The Balaban J connectivity index is 1.58. The zero-order valence-electron chi connectivity index (χ0n) is 16.3. The molecular formula is C24H17FN2O4. The van der Waals surface area contributed by atoms with E-state index in [0.29, 0.717) is 41.7 Å². The minimum Gasteiger partial charge on any atom is -0.486 e. The molecule has 3 aromatic carbocycles. The molecule has 1 N–H and O–H groups in total. The van der Waals surface area contributed by atoms with E-state index in [2.05, 4.69) is 5.32 Å². The number of carbonyl (C=O) groups excluding carboxylic acids is 2. The Hall–Kier alpha value is -4.13. The molecule has 31 heavy (non-hydrogen) atoms. The molecule has 5 rings (SSSR count). The lowest BCUT2D eigenvalue weighted by Crippen LogP contribution is -2.32. The van der Waals surface area contributed by atoms with Crippen molar-refractivity contribution in [2.24, 2.45) is 0 Å². The summed E-state index contributed by atoms with van der Waals surface area (Å²) >= 11 is 0. The van der Waals surface area contributed by atoms with Gasteiger partial charge in [-0.2, -0.15) is 0 Å². The number of benzene rings is 3. The van der Waals surface area contributed by atoms with Gasteiger partial charge in [0.1, 0.15) is 24.7 Å². The second kappa shape index (κ2) is 7.60. The van der Waals surface area contributed by atoms with E-state index in [-0.39, 0.29) is 11.3 Å². The largest absolute Gasteiger partial charge is 0.486 e. The smallest absolute Gasteiger partial charge is 0.282 e. The summed E-state index contributed by atoms with van der Waals surface area (Å²) in [6.07, 6.45) is 0. The predicted octanol–water partition coefficient (Wildman–Crippen LogP) is 3.99. The highest BCUT2D eigenvalue weighted by molar-refractivity contribution is 6.46. The lowest BCUT2D eigenvalue weighted by atomic mass is 10.0. The molecule has 0 spiro atoms. The first-order chi connectivity index (χ1) is 15.1. The van der Waals surface area contributed by atoms with E-state index in [1.165, 1.54) is 24.3 Å². The molecule has 154 valence electrons. The molecule has 0 saturated heterocycles. The molecule has 0 saturated carbocycles. The third-order valence-corrected chi connectivity index (χ3v) is 5.04. The van der Waals surface area contributed by atoms with Crippen LogP contribution in [0.5, 0.6) is 11.5 Å². The number of ether oxygens (including phenoxy) is 2. The molecule has 2 amide bonds. The average molecular weight is 416 g/mol. The van der Waals surface area contributed by atoms with E-state index in [1.54, 1.807) is 48.5 Å². The predicted molar refractivity (Wildman–Crippen MR) is 113 cm³/mol. The van der Waals surface area contributed by atoms with E-state index in [0.717, 1.165) is 4.90 Å². The molecule has 0 radical (unpaired) electrons. The molecule has 3 aromatic rings. The van der Waals surface area contributed by atoms with E-state index < -0.39 is 17.6 Å². The van der Waals surface area contributed by atoms with E-state index in [1.807, 2.05) is 0 Å². The second-order valence-corrected chi connectivity index (χ2v) is 7.02. The summed E-state index contributed by atoms with van der Waals surface area (Å²) in [7, 11) is 0.